The summed E-state index contributed by atoms with van der Waals surface area (Å²) in [7, 11) is 0. The number of esters is 1. The third-order valence-corrected chi connectivity index (χ3v) is 2.70. The first-order valence-corrected chi connectivity index (χ1v) is 6.04. The molecule has 1 N–H and O–H groups in total. The van der Waals surface area contributed by atoms with Crippen molar-refractivity contribution in [1.29, 1.82) is 0 Å². The molecule has 0 aliphatic carbocycles. The molecule has 1 aliphatic rings. The number of hydrogen-bond donors (Lipinski definition) is 1. The first kappa shape index (κ1) is 12.8. The van der Waals surface area contributed by atoms with Crippen LogP contribution in [0.2, 0.25) is 0 Å². The van der Waals surface area contributed by atoms with Crippen LogP contribution in [0, 0.1) is 5.92 Å². The average molecular weight is 223 g/mol. The van der Waals surface area contributed by atoms with Gasteiger partial charge in [0.2, 0.25) is 0 Å². The molecule has 1 atom stereocenters. The van der Waals surface area contributed by atoms with Crippen molar-refractivity contribution in [3.8, 4) is 0 Å². The standard InChI is InChI=1S/C13H21NO2/c1-4-6-7-11-12(13(15)16-5-2)10(3)8-9-14-11/h8-10,14H,4-7H2,1-3H3. The van der Waals surface area contributed by atoms with E-state index in [1.165, 1.54) is 0 Å². The summed E-state index contributed by atoms with van der Waals surface area (Å²) in [6, 6.07) is 0. The molecule has 1 heterocycles. The fourth-order valence-electron chi connectivity index (χ4n) is 1.82. The lowest BCUT2D eigenvalue weighted by Gasteiger charge is -2.21. The average Bonchev–Trinajstić information content (AvgIpc) is 2.26. The van der Waals surface area contributed by atoms with Gasteiger partial charge in [0.15, 0.2) is 0 Å². The van der Waals surface area contributed by atoms with Gasteiger partial charge in [-0.2, -0.15) is 0 Å². The van der Waals surface area contributed by atoms with E-state index >= 15 is 0 Å². The Morgan fingerprint density at radius 2 is 2.25 bits per heavy atom. The second-order valence-electron chi connectivity index (χ2n) is 4.01. The van der Waals surface area contributed by atoms with E-state index in [9.17, 15) is 4.79 Å². The zero-order valence-corrected chi connectivity index (χ0v) is 10.4. The largest absolute Gasteiger partial charge is 0.463 e. The molecule has 3 nitrogen and oxygen atoms in total. The topological polar surface area (TPSA) is 38.3 Å². The monoisotopic (exact) mass is 223 g/mol. The van der Waals surface area contributed by atoms with Crippen LogP contribution < -0.4 is 5.32 Å². The molecule has 0 fully saturated rings. The summed E-state index contributed by atoms with van der Waals surface area (Å²) in [5, 5.41) is 3.17. The fourth-order valence-corrected chi connectivity index (χ4v) is 1.82. The Labute approximate surface area is 97.6 Å². The van der Waals surface area contributed by atoms with E-state index in [0.29, 0.717) is 6.61 Å². The Kier molecular flexibility index (Phi) is 5.09. The van der Waals surface area contributed by atoms with Crippen molar-refractivity contribution < 1.29 is 9.53 Å². The Bertz CT molecular complexity index is 305. The number of hydrogen-bond acceptors (Lipinski definition) is 3. The van der Waals surface area contributed by atoms with Crippen molar-refractivity contribution in [3.05, 3.63) is 23.5 Å². The van der Waals surface area contributed by atoms with E-state index in [2.05, 4.69) is 12.2 Å². The summed E-state index contributed by atoms with van der Waals surface area (Å²) >= 11 is 0. The van der Waals surface area contributed by atoms with E-state index in [4.69, 9.17) is 4.74 Å². The van der Waals surface area contributed by atoms with Crippen LogP contribution in [-0.4, -0.2) is 12.6 Å². The third-order valence-electron chi connectivity index (χ3n) is 2.70. The Hall–Kier alpha value is -1.25. The molecular formula is C13H21NO2. The summed E-state index contributed by atoms with van der Waals surface area (Å²) < 4.78 is 5.09. The summed E-state index contributed by atoms with van der Waals surface area (Å²) in [6.45, 7) is 6.43. The van der Waals surface area contributed by atoms with Gasteiger partial charge in [-0.3, -0.25) is 0 Å². The quantitative estimate of drug-likeness (QED) is 0.728. The predicted molar refractivity (Wildman–Crippen MR) is 64.6 cm³/mol. The molecule has 3 heteroatoms. The molecule has 16 heavy (non-hydrogen) atoms. The van der Waals surface area contributed by atoms with Crippen molar-refractivity contribution >= 4 is 5.97 Å². The summed E-state index contributed by atoms with van der Waals surface area (Å²) in [4.78, 5) is 11.8. The molecule has 0 saturated heterocycles. The smallest absolute Gasteiger partial charge is 0.336 e. The van der Waals surface area contributed by atoms with Gasteiger partial charge in [-0.15, -0.1) is 0 Å². The van der Waals surface area contributed by atoms with E-state index in [-0.39, 0.29) is 11.9 Å². The van der Waals surface area contributed by atoms with Crippen LogP contribution >= 0.6 is 0 Å². The van der Waals surface area contributed by atoms with Crippen molar-refractivity contribution in [2.45, 2.75) is 40.0 Å². The zero-order valence-electron chi connectivity index (χ0n) is 10.4. The maximum atomic E-state index is 11.8. The van der Waals surface area contributed by atoms with E-state index in [1.54, 1.807) is 0 Å². The number of carbonyl (C=O) groups excluding carboxylic acids is 1. The molecule has 0 saturated carbocycles. The van der Waals surface area contributed by atoms with Crippen LogP contribution in [0.1, 0.15) is 40.0 Å². The second kappa shape index (κ2) is 6.36. The predicted octanol–water partition coefficient (Wildman–Crippen LogP) is 2.75. The normalized spacial score (nSPS) is 19.6. The number of dihydropyridines is 1. The summed E-state index contributed by atoms with van der Waals surface area (Å²) in [5.74, 6) is -0.0369. The van der Waals surface area contributed by atoms with Crippen LogP contribution in [-0.2, 0) is 9.53 Å². The Morgan fingerprint density at radius 1 is 1.50 bits per heavy atom. The number of rotatable bonds is 5. The maximum Gasteiger partial charge on any atom is 0.336 e. The highest BCUT2D eigenvalue weighted by atomic mass is 16.5. The van der Waals surface area contributed by atoms with Gasteiger partial charge in [-0.05, 0) is 26.0 Å². The first-order chi connectivity index (χ1) is 7.70. The molecule has 0 spiro atoms. The molecule has 1 aliphatic heterocycles. The first-order valence-electron chi connectivity index (χ1n) is 6.04. The zero-order chi connectivity index (χ0) is 12.0. The van der Waals surface area contributed by atoms with E-state index < -0.39 is 0 Å². The number of allylic oxidation sites excluding steroid dienone is 2. The molecule has 0 radical (unpaired) electrons. The summed E-state index contributed by atoms with van der Waals surface area (Å²) in [5.41, 5.74) is 1.81. The second-order valence-corrected chi connectivity index (χ2v) is 4.01. The van der Waals surface area contributed by atoms with Crippen LogP contribution in [0.25, 0.3) is 0 Å². The molecular weight excluding hydrogens is 202 g/mol. The highest BCUT2D eigenvalue weighted by molar-refractivity contribution is 5.90. The minimum absolute atomic E-state index is 0.146. The molecule has 1 unspecified atom stereocenters. The van der Waals surface area contributed by atoms with Gasteiger partial charge in [-0.1, -0.05) is 26.3 Å². The Morgan fingerprint density at radius 3 is 2.88 bits per heavy atom. The van der Waals surface area contributed by atoms with Gasteiger partial charge in [0, 0.05) is 11.6 Å². The van der Waals surface area contributed by atoms with Crippen molar-refractivity contribution in [2.24, 2.45) is 5.92 Å². The van der Waals surface area contributed by atoms with Gasteiger partial charge < -0.3 is 10.1 Å². The highest BCUT2D eigenvalue weighted by Crippen LogP contribution is 2.23. The fraction of sp³-hybridized carbons (Fsp3) is 0.615. The van der Waals surface area contributed by atoms with E-state index in [1.807, 2.05) is 26.1 Å². The number of unbranched alkanes of at least 4 members (excludes halogenated alkanes) is 1. The van der Waals surface area contributed by atoms with Crippen LogP contribution in [0.3, 0.4) is 0 Å². The Balaban J connectivity index is 2.82. The van der Waals surface area contributed by atoms with E-state index in [0.717, 1.165) is 30.5 Å². The molecule has 0 amide bonds. The van der Waals surface area contributed by atoms with Crippen molar-refractivity contribution in [2.75, 3.05) is 6.61 Å². The van der Waals surface area contributed by atoms with Gasteiger partial charge in [0.05, 0.1) is 12.2 Å². The lowest BCUT2D eigenvalue weighted by molar-refractivity contribution is -0.139. The molecule has 90 valence electrons. The lowest BCUT2D eigenvalue weighted by atomic mass is 9.94. The lowest BCUT2D eigenvalue weighted by Crippen LogP contribution is -2.23. The molecule has 0 aromatic rings. The molecule has 0 bridgehead atoms. The maximum absolute atomic E-state index is 11.8. The number of nitrogens with one attached hydrogen (secondary N) is 1. The SMILES string of the molecule is CCCCC1=C(C(=O)OCC)C(C)C=CN1. The van der Waals surface area contributed by atoms with Gasteiger partial charge in [-0.25, -0.2) is 4.79 Å². The van der Waals surface area contributed by atoms with Crippen LogP contribution in [0.5, 0.6) is 0 Å². The molecule has 1 rings (SSSR count). The number of ether oxygens (including phenoxy) is 1. The van der Waals surface area contributed by atoms with Crippen molar-refractivity contribution in [3.63, 3.8) is 0 Å². The van der Waals surface area contributed by atoms with Crippen molar-refractivity contribution in [1.82, 2.24) is 5.32 Å². The minimum atomic E-state index is -0.182. The van der Waals surface area contributed by atoms with Gasteiger partial charge in [0.25, 0.3) is 0 Å². The van der Waals surface area contributed by atoms with Crippen LogP contribution in [0.15, 0.2) is 23.5 Å². The molecule has 0 aromatic heterocycles. The highest BCUT2D eigenvalue weighted by Gasteiger charge is 2.23. The van der Waals surface area contributed by atoms with Gasteiger partial charge >= 0.3 is 5.97 Å². The van der Waals surface area contributed by atoms with Crippen LogP contribution in [0.4, 0.5) is 0 Å². The van der Waals surface area contributed by atoms with Gasteiger partial charge in [0.1, 0.15) is 0 Å². The third kappa shape index (κ3) is 3.12. The molecule has 0 aromatic carbocycles. The number of carbonyl (C=O) groups is 1. The minimum Gasteiger partial charge on any atom is -0.463 e. The summed E-state index contributed by atoms with van der Waals surface area (Å²) in [6.07, 6.45) is 7.03.